The van der Waals surface area contributed by atoms with Gasteiger partial charge in [0.15, 0.2) is 0 Å². The van der Waals surface area contributed by atoms with Gasteiger partial charge in [-0.25, -0.2) is 4.98 Å². The van der Waals surface area contributed by atoms with Crippen molar-refractivity contribution < 1.29 is 14.3 Å². The number of aromatic nitrogens is 1. The molecule has 0 spiro atoms. The highest BCUT2D eigenvalue weighted by atomic mass is 32.2. The van der Waals surface area contributed by atoms with Gasteiger partial charge in [0.25, 0.3) is 0 Å². The van der Waals surface area contributed by atoms with Crippen LogP contribution >= 0.6 is 23.1 Å². The third-order valence-electron chi connectivity index (χ3n) is 2.72. The number of methoxy groups -OCH3 is 1. The molecule has 1 atom stereocenters. The van der Waals surface area contributed by atoms with E-state index in [1.807, 2.05) is 12.3 Å². The normalized spacial score (nSPS) is 12.0. The van der Waals surface area contributed by atoms with E-state index in [9.17, 15) is 9.59 Å². The lowest BCUT2D eigenvalue weighted by atomic mass is 10.2. The number of carbonyl (C=O) groups is 2. The van der Waals surface area contributed by atoms with Crippen molar-refractivity contribution in [2.24, 2.45) is 5.92 Å². The van der Waals surface area contributed by atoms with Crippen molar-refractivity contribution >= 4 is 35.0 Å². The summed E-state index contributed by atoms with van der Waals surface area (Å²) in [4.78, 5) is 29.1. The molecule has 0 bridgehead atoms. The van der Waals surface area contributed by atoms with Crippen LogP contribution in [0, 0.1) is 12.8 Å². The van der Waals surface area contributed by atoms with Gasteiger partial charge in [0, 0.05) is 24.7 Å². The van der Waals surface area contributed by atoms with Crippen molar-refractivity contribution in [3.05, 3.63) is 16.1 Å². The molecule has 7 heteroatoms. The first kappa shape index (κ1) is 17.0. The number of carbonyl (C=O) groups excluding carboxylic acids is 2. The smallest absolute Gasteiger partial charge is 0.310 e. The van der Waals surface area contributed by atoms with E-state index in [2.05, 4.69) is 9.72 Å². The van der Waals surface area contributed by atoms with Crippen molar-refractivity contribution in [2.75, 3.05) is 26.5 Å². The van der Waals surface area contributed by atoms with Gasteiger partial charge in [0.1, 0.15) is 0 Å². The van der Waals surface area contributed by atoms with Gasteiger partial charge >= 0.3 is 5.97 Å². The lowest BCUT2D eigenvalue weighted by Gasteiger charge is -2.20. The quantitative estimate of drug-likeness (QED) is 0.720. The molecular weight excluding hydrogens is 296 g/mol. The Morgan fingerprint density at radius 1 is 1.55 bits per heavy atom. The van der Waals surface area contributed by atoms with Gasteiger partial charge in [-0.05, 0) is 6.92 Å². The number of aryl methyl sites for hydroxylation is 1. The van der Waals surface area contributed by atoms with Gasteiger partial charge in [-0.3, -0.25) is 9.59 Å². The van der Waals surface area contributed by atoms with E-state index < -0.39 is 0 Å². The Bertz CT molecular complexity index is 462. The Morgan fingerprint density at radius 2 is 2.25 bits per heavy atom. The zero-order valence-corrected chi connectivity index (χ0v) is 13.8. The zero-order chi connectivity index (χ0) is 15.1. The Kier molecular flexibility index (Phi) is 7.01. The number of ether oxygens (including phenoxy) is 1. The van der Waals surface area contributed by atoms with Crippen molar-refractivity contribution in [1.82, 2.24) is 9.88 Å². The van der Waals surface area contributed by atoms with Crippen LogP contribution in [0.15, 0.2) is 5.38 Å². The molecule has 0 fully saturated rings. The third-order valence-corrected chi connectivity index (χ3v) is 4.49. The lowest BCUT2D eigenvalue weighted by molar-refractivity contribution is -0.145. The highest BCUT2D eigenvalue weighted by molar-refractivity contribution is 7.99. The van der Waals surface area contributed by atoms with Crippen LogP contribution in [0.4, 0.5) is 0 Å². The summed E-state index contributed by atoms with van der Waals surface area (Å²) < 4.78 is 4.64. The molecule has 0 aliphatic rings. The number of amides is 1. The number of nitrogens with zero attached hydrogens (tertiary/aromatic N) is 2. The maximum Gasteiger partial charge on any atom is 0.310 e. The van der Waals surface area contributed by atoms with Gasteiger partial charge in [-0.1, -0.05) is 6.92 Å². The molecule has 1 unspecified atom stereocenters. The summed E-state index contributed by atoms with van der Waals surface area (Å²) in [6, 6.07) is 0. The second-order valence-electron chi connectivity index (χ2n) is 4.55. The molecule has 0 radical (unpaired) electrons. The number of thioether (sulfide) groups is 1. The second-order valence-corrected chi connectivity index (χ2v) is 6.60. The fourth-order valence-electron chi connectivity index (χ4n) is 1.62. The van der Waals surface area contributed by atoms with Gasteiger partial charge in [-0.15, -0.1) is 23.1 Å². The van der Waals surface area contributed by atoms with Crippen LogP contribution in [-0.2, 0) is 20.1 Å². The number of hydrogen-bond acceptors (Lipinski definition) is 6. The molecule has 1 heterocycles. The maximum absolute atomic E-state index is 11.9. The van der Waals surface area contributed by atoms with Crippen LogP contribution < -0.4 is 0 Å². The molecule has 112 valence electrons. The molecule has 0 N–H and O–H groups in total. The van der Waals surface area contributed by atoms with Crippen molar-refractivity contribution in [3.8, 4) is 0 Å². The van der Waals surface area contributed by atoms with E-state index in [4.69, 9.17) is 0 Å². The van der Waals surface area contributed by atoms with E-state index in [0.717, 1.165) is 16.5 Å². The monoisotopic (exact) mass is 316 g/mol. The molecule has 1 amide bonds. The maximum atomic E-state index is 11.9. The van der Waals surface area contributed by atoms with Crippen LogP contribution in [0.2, 0.25) is 0 Å². The second kappa shape index (κ2) is 8.26. The van der Waals surface area contributed by atoms with E-state index in [1.165, 1.54) is 18.9 Å². The molecule has 1 aromatic heterocycles. The standard InChI is InChI=1S/C13H20N2O3S2/c1-9(13(17)18-4)5-15(3)12(16)8-19-6-11-7-20-10(2)14-11/h7,9H,5-6,8H2,1-4H3. The summed E-state index contributed by atoms with van der Waals surface area (Å²) in [5, 5.41) is 3.05. The first-order chi connectivity index (χ1) is 9.43. The minimum Gasteiger partial charge on any atom is -0.469 e. The molecule has 0 aliphatic heterocycles. The Balaban J connectivity index is 2.29. The molecule has 1 rings (SSSR count). The van der Waals surface area contributed by atoms with Crippen molar-refractivity contribution in [2.45, 2.75) is 19.6 Å². The topological polar surface area (TPSA) is 59.5 Å². The van der Waals surface area contributed by atoms with Gasteiger partial charge in [-0.2, -0.15) is 0 Å². The molecule has 0 saturated carbocycles. The van der Waals surface area contributed by atoms with Gasteiger partial charge < -0.3 is 9.64 Å². The summed E-state index contributed by atoms with van der Waals surface area (Å²) >= 11 is 3.15. The number of thiazole rings is 1. The number of rotatable bonds is 7. The fourth-order valence-corrected chi connectivity index (χ4v) is 3.19. The zero-order valence-electron chi connectivity index (χ0n) is 12.2. The van der Waals surface area contributed by atoms with Gasteiger partial charge in [0.2, 0.25) is 5.91 Å². The van der Waals surface area contributed by atoms with Crippen LogP contribution in [-0.4, -0.2) is 48.2 Å². The van der Waals surface area contributed by atoms with Crippen LogP contribution in [0.3, 0.4) is 0 Å². The summed E-state index contributed by atoms with van der Waals surface area (Å²) in [6.07, 6.45) is 0. The minimum atomic E-state index is -0.305. The van der Waals surface area contributed by atoms with Crippen molar-refractivity contribution in [1.29, 1.82) is 0 Å². The average molecular weight is 316 g/mol. The van der Waals surface area contributed by atoms with Crippen molar-refractivity contribution in [3.63, 3.8) is 0 Å². The number of hydrogen-bond donors (Lipinski definition) is 0. The SMILES string of the molecule is COC(=O)C(C)CN(C)C(=O)CSCc1csc(C)n1. The van der Waals surface area contributed by atoms with Crippen LogP contribution in [0.1, 0.15) is 17.6 Å². The molecule has 5 nitrogen and oxygen atoms in total. The summed E-state index contributed by atoms with van der Waals surface area (Å²) in [7, 11) is 3.06. The minimum absolute atomic E-state index is 0.0118. The Labute approximate surface area is 127 Å². The Hall–Kier alpha value is -1.08. The van der Waals surface area contributed by atoms with Gasteiger partial charge in [0.05, 0.1) is 29.5 Å². The van der Waals surface area contributed by atoms with Crippen LogP contribution in [0.25, 0.3) is 0 Å². The number of esters is 1. The highest BCUT2D eigenvalue weighted by Crippen LogP contribution is 2.15. The highest BCUT2D eigenvalue weighted by Gasteiger charge is 2.18. The predicted octanol–water partition coefficient (Wildman–Crippen LogP) is 1.95. The first-order valence-electron chi connectivity index (χ1n) is 6.24. The molecule has 0 aliphatic carbocycles. The fraction of sp³-hybridized carbons (Fsp3) is 0.615. The lowest BCUT2D eigenvalue weighted by Crippen LogP contribution is -2.35. The molecule has 0 aromatic carbocycles. The van der Waals surface area contributed by atoms with E-state index in [-0.39, 0.29) is 17.8 Å². The Morgan fingerprint density at radius 3 is 2.80 bits per heavy atom. The molecule has 1 aromatic rings. The first-order valence-corrected chi connectivity index (χ1v) is 8.28. The van der Waals surface area contributed by atoms with E-state index >= 15 is 0 Å². The summed E-state index contributed by atoms with van der Waals surface area (Å²) in [5.41, 5.74) is 1.01. The molecular formula is C13H20N2O3S2. The van der Waals surface area contributed by atoms with E-state index in [0.29, 0.717) is 12.3 Å². The third kappa shape index (κ3) is 5.50. The predicted molar refractivity (Wildman–Crippen MR) is 81.8 cm³/mol. The molecule has 0 saturated heterocycles. The average Bonchev–Trinajstić information content (AvgIpc) is 2.83. The summed E-state index contributed by atoms with van der Waals surface area (Å²) in [6.45, 7) is 4.09. The largest absolute Gasteiger partial charge is 0.469 e. The summed E-state index contributed by atoms with van der Waals surface area (Å²) in [5.74, 6) is 0.533. The van der Waals surface area contributed by atoms with Crippen LogP contribution in [0.5, 0.6) is 0 Å². The van der Waals surface area contributed by atoms with E-state index in [1.54, 1.807) is 30.2 Å². The molecule has 20 heavy (non-hydrogen) atoms.